The molecule has 1 aromatic rings. The van der Waals surface area contributed by atoms with Gasteiger partial charge in [0, 0.05) is 24.6 Å². The van der Waals surface area contributed by atoms with Crippen LogP contribution < -0.4 is 0 Å². The number of rotatable bonds is 2. The van der Waals surface area contributed by atoms with Crippen LogP contribution in [-0.4, -0.2) is 53.6 Å². The third-order valence-corrected chi connectivity index (χ3v) is 4.95. The fraction of sp³-hybridized carbons (Fsp3) is 0.556. The maximum atomic E-state index is 14.4. The first-order valence-corrected chi connectivity index (χ1v) is 9.32. The maximum Gasteiger partial charge on any atom is 0.419 e. The first-order chi connectivity index (χ1) is 12.7. The van der Waals surface area contributed by atoms with Crippen LogP contribution in [0.15, 0.2) is 16.6 Å². The Morgan fingerprint density at radius 1 is 1.25 bits per heavy atom. The summed E-state index contributed by atoms with van der Waals surface area (Å²) in [5.74, 6) is -2.48. The van der Waals surface area contributed by atoms with E-state index in [1.54, 1.807) is 20.8 Å². The van der Waals surface area contributed by atoms with Gasteiger partial charge in [0.25, 0.3) is 5.91 Å². The molecule has 0 radical (unpaired) electrons. The number of halogens is 5. The second kappa shape index (κ2) is 7.88. The summed E-state index contributed by atoms with van der Waals surface area (Å²) < 4.78 is 58.5. The summed E-state index contributed by atoms with van der Waals surface area (Å²) in [4.78, 5) is 27.4. The van der Waals surface area contributed by atoms with Crippen LogP contribution in [-0.2, 0) is 10.9 Å². The molecule has 2 rings (SSSR count). The molecule has 28 heavy (non-hydrogen) atoms. The van der Waals surface area contributed by atoms with E-state index >= 15 is 0 Å². The zero-order valence-electron chi connectivity index (χ0n) is 15.9. The molecule has 0 aliphatic carbocycles. The molecule has 1 aliphatic rings. The average molecular weight is 469 g/mol. The minimum absolute atomic E-state index is 0.0630. The molecule has 1 saturated heterocycles. The van der Waals surface area contributed by atoms with Gasteiger partial charge >= 0.3 is 12.3 Å². The van der Waals surface area contributed by atoms with Crippen molar-refractivity contribution in [2.24, 2.45) is 0 Å². The first kappa shape index (κ1) is 22.4. The average Bonchev–Trinajstić information content (AvgIpc) is 3.00. The van der Waals surface area contributed by atoms with Crippen LogP contribution in [0.25, 0.3) is 0 Å². The van der Waals surface area contributed by atoms with Crippen LogP contribution in [0, 0.1) is 5.82 Å². The Hall–Kier alpha value is -1.84. The van der Waals surface area contributed by atoms with Crippen molar-refractivity contribution in [3.63, 3.8) is 0 Å². The fourth-order valence-electron chi connectivity index (χ4n) is 2.85. The Bertz CT molecular complexity index is 777. The summed E-state index contributed by atoms with van der Waals surface area (Å²) in [6.07, 6.45) is -5.08. The van der Waals surface area contributed by atoms with Crippen molar-refractivity contribution in [2.75, 3.05) is 20.1 Å². The van der Waals surface area contributed by atoms with Crippen molar-refractivity contribution in [3.05, 3.63) is 33.5 Å². The number of hydrogen-bond donors (Lipinski definition) is 0. The van der Waals surface area contributed by atoms with Gasteiger partial charge in [-0.25, -0.2) is 9.18 Å². The lowest BCUT2D eigenvalue weighted by atomic mass is 10.1. The van der Waals surface area contributed by atoms with E-state index in [1.807, 2.05) is 0 Å². The van der Waals surface area contributed by atoms with Gasteiger partial charge in [-0.05, 0) is 55.3 Å². The van der Waals surface area contributed by atoms with Gasteiger partial charge < -0.3 is 14.5 Å². The predicted molar refractivity (Wildman–Crippen MR) is 97.4 cm³/mol. The van der Waals surface area contributed by atoms with Gasteiger partial charge in [0.1, 0.15) is 11.4 Å². The topological polar surface area (TPSA) is 49.9 Å². The van der Waals surface area contributed by atoms with Crippen LogP contribution in [0.3, 0.4) is 0 Å². The van der Waals surface area contributed by atoms with Gasteiger partial charge in [-0.15, -0.1) is 0 Å². The molecule has 0 unspecified atom stereocenters. The normalized spacial score (nSPS) is 17.6. The minimum atomic E-state index is -4.91. The van der Waals surface area contributed by atoms with Crippen molar-refractivity contribution in [2.45, 2.75) is 45.0 Å². The van der Waals surface area contributed by atoms with E-state index < -0.39 is 40.7 Å². The van der Waals surface area contributed by atoms with E-state index in [9.17, 15) is 27.2 Å². The van der Waals surface area contributed by atoms with Gasteiger partial charge in [0.2, 0.25) is 0 Å². The molecule has 0 aromatic heterocycles. The molecule has 5 nitrogen and oxygen atoms in total. The van der Waals surface area contributed by atoms with E-state index in [1.165, 1.54) is 16.8 Å². The molecule has 1 aromatic carbocycles. The lowest BCUT2D eigenvalue weighted by molar-refractivity contribution is -0.140. The zero-order chi connectivity index (χ0) is 21.4. The monoisotopic (exact) mass is 468 g/mol. The van der Waals surface area contributed by atoms with Crippen LogP contribution in [0.4, 0.5) is 22.4 Å². The van der Waals surface area contributed by atoms with Crippen molar-refractivity contribution in [3.8, 4) is 0 Å². The summed E-state index contributed by atoms with van der Waals surface area (Å²) >= 11 is 2.96. The number of amides is 2. The first-order valence-electron chi connectivity index (χ1n) is 8.52. The molecule has 0 spiro atoms. The highest BCUT2D eigenvalue weighted by Crippen LogP contribution is 2.35. The summed E-state index contributed by atoms with van der Waals surface area (Å²) in [6.45, 7) is 5.40. The number of likely N-dealkylation sites (tertiary alicyclic amines) is 1. The van der Waals surface area contributed by atoms with Crippen molar-refractivity contribution in [1.29, 1.82) is 0 Å². The van der Waals surface area contributed by atoms with Gasteiger partial charge in [-0.2, -0.15) is 13.2 Å². The summed E-state index contributed by atoms with van der Waals surface area (Å²) in [7, 11) is 1.52. The van der Waals surface area contributed by atoms with E-state index in [0.717, 1.165) is 6.07 Å². The van der Waals surface area contributed by atoms with Crippen LogP contribution in [0.2, 0.25) is 0 Å². The standard InChI is InChI=1S/C18H21BrF4N2O3/c1-17(2,3)28-16(27)24(4)10-7-8-25(9-10)15(26)13-12(19)6-5-11(14(13)20)18(21,22)23/h5-6,10H,7-9H2,1-4H3/t10-/m1/s1. The molecule has 1 heterocycles. The summed E-state index contributed by atoms with van der Waals surface area (Å²) in [5.41, 5.74) is -2.86. The molecule has 0 N–H and O–H groups in total. The van der Waals surface area contributed by atoms with Gasteiger partial charge in [0.05, 0.1) is 17.2 Å². The molecule has 1 fully saturated rings. The number of nitrogens with zero attached hydrogens (tertiary/aromatic N) is 2. The molecular formula is C18H21BrF4N2O3. The largest absolute Gasteiger partial charge is 0.444 e. The number of alkyl halides is 3. The minimum Gasteiger partial charge on any atom is -0.444 e. The number of likely N-dealkylation sites (N-methyl/N-ethyl adjacent to an activating group) is 1. The second-order valence-electron chi connectivity index (χ2n) is 7.57. The molecule has 10 heteroatoms. The fourth-order valence-corrected chi connectivity index (χ4v) is 3.33. The highest BCUT2D eigenvalue weighted by molar-refractivity contribution is 9.10. The predicted octanol–water partition coefficient (Wildman–Crippen LogP) is 4.69. The molecule has 0 saturated carbocycles. The van der Waals surface area contributed by atoms with Crippen molar-refractivity contribution >= 4 is 27.9 Å². The molecule has 0 bridgehead atoms. The number of carbonyl (C=O) groups is 2. The Balaban J connectivity index is 2.19. The van der Waals surface area contributed by atoms with Crippen molar-refractivity contribution in [1.82, 2.24) is 9.80 Å². The Kier molecular flexibility index (Phi) is 6.32. The SMILES string of the molecule is CN(C(=O)OC(C)(C)C)[C@@H]1CCN(C(=O)c2c(Br)ccc(C(F)(F)F)c2F)C1. The van der Waals surface area contributed by atoms with E-state index in [0.29, 0.717) is 12.5 Å². The number of hydrogen-bond acceptors (Lipinski definition) is 3. The molecular weight excluding hydrogens is 448 g/mol. The smallest absolute Gasteiger partial charge is 0.419 e. The maximum absolute atomic E-state index is 14.4. The van der Waals surface area contributed by atoms with E-state index in [2.05, 4.69) is 15.9 Å². The highest BCUT2D eigenvalue weighted by Gasteiger charge is 2.39. The molecule has 156 valence electrons. The lowest BCUT2D eigenvalue weighted by Gasteiger charge is -2.28. The Morgan fingerprint density at radius 2 is 1.86 bits per heavy atom. The van der Waals surface area contributed by atoms with Crippen LogP contribution >= 0.6 is 15.9 Å². The van der Waals surface area contributed by atoms with E-state index in [-0.39, 0.29) is 23.6 Å². The third kappa shape index (κ3) is 4.95. The van der Waals surface area contributed by atoms with E-state index in [4.69, 9.17) is 4.74 Å². The van der Waals surface area contributed by atoms with Crippen molar-refractivity contribution < 1.29 is 31.9 Å². The second-order valence-corrected chi connectivity index (χ2v) is 8.42. The molecule has 1 aliphatic heterocycles. The number of benzene rings is 1. The van der Waals surface area contributed by atoms with Gasteiger partial charge in [-0.1, -0.05) is 0 Å². The van der Waals surface area contributed by atoms with Gasteiger partial charge in [0.15, 0.2) is 0 Å². The number of carbonyl (C=O) groups excluding carboxylic acids is 2. The quantitative estimate of drug-likeness (QED) is 0.591. The number of ether oxygens (including phenoxy) is 1. The third-order valence-electron chi connectivity index (χ3n) is 4.29. The lowest BCUT2D eigenvalue weighted by Crippen LogP contribution is -2.42. The Morgan fingerprint density at radius 3 is 2.39 bits per heavy atom. The Labute approximate surface area is 168 Å². The van der Waals surface area contributed by atoms with Crippen LogP contribution in [0.1, 0.15) is 43.1 Å². The zero-order valence-corrected chi connectivity index (χ0v) is 17.4. The van der Waals surface area contributed by atoms with Gasteiger partial charge in [-0.3, -0.25) is 4.79 Å². The summed E-state index contributed by atoms with van der Waals surface area (Å²) in [6, 6.07) is 1.20. The molecule has 2 amide bonds. The highest BCUT2D eigenvalue weighted by atomic mass is 79.9. The van der Waals surface area contributed by atoms with Crippen LogP contribution in [0.5, 0.6) is 0 Å². The summed E-state index contributed by atoms with van der Waals surface area (Å²) in [5, 5.41) is 0. The molecule has 1 atom stereocenters.